The number of ketones is 1. The molecule has 0 bridgehead atoms. The first kappa shape index (κ1) is 22.5. The van der Waals surface area contributed by atoms with Crippen LogP contribution < -0.4 is 10.6 Å². The molecule has 0 aromatic carbocycles. The summed E-state index contributed by atoms with van der Waals surface area (Å²) in [6.45, 7) is 3.60. The van der Waals surface area contributed by atoms with Gasteiger partial charge >= 0.3 is 0 Å². The topological polar surface area (TPSA) is 115 Å². The molecular formula is C20H25Cl2N5O3. The molecule has 1 aliphatic carbocycles. The van der Waals surface area contributed by atoms with Crippen LogP contribution in [0.25, 0.3) is 0 Å². The van der Waals surface area contributed by atoms with E-state index in [1.807, 2.05) is 6.92 Å². The van der Waals surface area contributed by atoms with Gasteiger partial charge in [-0.05, 0) is 32.3 Å². The summed E-state index contributed by atoms with van der Waals surface area (Å²) in [4.78, 5) is 42.6. The normalized spacial score (nSPS) is 22.9. The molecule has 2 amide bonds. The maximum Gasteiger partial charge on any atom is 0.243 e. The molecule has 0 radical (unpaired) electrons. The lowest BCUT2D eigenvalue weighted by atomic mass is 10.1. The van der Waals surface area contributed by atoms with Crippen molar-refractivity contribution in [1.29, 1.82) is 5.41 Å². The van der Waals surface area contributed by atoms with Crippen molar-refractivity contribution in [3.05, 3.63) is 24.0 Å². The zero-order chi connectivity index (χ0) is 22.1. The van der Waals surface area contributed by atoms with Gasteiger partial charge in [0.05, 0.1) is 18.4 Å². The summed E-state index contributed by atoms with van der Waals surface area (Å²) < 4.78 is -0.781. The molecule has 2 heterocycles. The molecule has 1 aromatic rings. The molecule has 1 saturated heterocycles. The van der Waals surface area contributed by atoms with Gasteiger partial charge in [0.2, 0.25) is 11.8 Å². The summed E-state index contributed by atoms with van der Waals surface area (Å²) in [5, 5.41) is 13.8. The number of rotatable bonds is 8. The first-order valence-electron chi connectivity index (χ1n) is 9.87. The lowest BCUT2D eigenvalue weighted by Gasteiger charge is -2.26. The smallest absolute Gasteiger partial charge is 0.243 e. The zero-order valence-electron chi connectivity index (χ0n) is 16.9. The van der Waals surface area contributed by atoms with E-state index in [2.05, 4.69) is 15.6 Å². The summed E-state index contributed by atoms with van der Waals surface area (Å²) in [7, 11) is 0. The Balaban J connectivity index is 1.59. The fourth-order valence-corrected chi connectivity index (χ4v) is 4.46. The summed E-state index contributed by atoms with van der Waals surface area (Å²) >= 11 is 12.2. The first-order chi connectivity index (χ1) is 14.1. The second-order valence-electron chi connectivity index (χ2n) is 7.82. The van der Waals surface area contributed by atoms with Gasteiger partial charge in [0.25, 0.3) is 0 Å². The minimum absolute atomic E-state index is 0.0117. The van der Waals surface area contributed by atoms with Crippen molar-refractivity contribution >= 4 is 52.2 Å². The number of anilines is 1. The van der Waals surface area contributed by atoms with Gasteiger partial charge in [0.15, 0.2) is 5.78 Å². The SMILES string of the molecule is CC(=O)C(=N)c1ccncc1NCC(=O)N1CCC[C@H]1C(=O)N[C@H](C)[C@H]1CC1(Cl)Cl. The third-order valence-corrected chi connectivity index (χ3v) is 6.47. The van der Waals surface area contributed by atoms with Crippen molar-refractivity contribution in [3.8, 4) is 0 Å². The van der Waals surface area contributed by atoms with Crippen LogP contribution in [0.15, 0.2) is 18.5 Å². The highest BCUT2D eigenvalue weighted by molar-refractivity contribution is 6.51. The number of aromatic nitrogens is 1. The van der Waals surface area contributed by atoms with E-state index in [0.717, 1.165) is 6.42 Å². The number of halogens is 2. The molecule has 1 aromatic heterocycles. The predicted octanol–water partition coefficient (Wildman–Crippen LogP) is 2.14. The minimum atomic E-state index is -0.781. The summed E-state index contributed by atoms with van der Waals surface area (Å²) in [6, 6.07) is 0.846. The lowest BCUT2D eigenvalue weighted by molar-refractivity contribution is -0.137. The number of Topliss-reactive ketones (excluding diaryl/α,β-unsaturated/α-hetero) is 1. The van der Waals surface area contributed by atoms with E-state index in [0.29, 0.717) is 30.6 Å². The molecule has 3 rings (SSSR count). The number of amides is 2. The highest BCUT2D eigenvalue weighted by Gasteiger charge is 2.55. The number of pyridine rings is 1. The van der Waals surface area contributed by atoms with Crippen LogP contribution in [0.3, 0.4) is 0 Å². The molecule has 30 heavy (non-hydrogen) atoms. The highest BCUT2D eigenvalue weighted by Crippen LogP contribution is 2.54. The Kier molecular flexibility index (Phi) is 6.67. The molecule has 8 nitrogen and oxygen atoms in total. The Morgan fingerprint density at radius 3 is 2.73 bits per heavy atom. The Hall–Kier alpha value is -2.19. The largest absolute Gasteiger partial charge is 0.374 e. The van der Waals surface area contributed by atoms with E-state index < -0.39 is 10.4 Å². The number of likely N-dealkylation sites (tertiary alicyclic amines) is 1. The Labute approximate surface area is 185 Å². The van der Waals surface area contributed by atoms with Crippen LogP contribution in [0.4, 0.5) is 5.69 Å². The van der Waals surface area contributed by atoms with Gasteiger partial charge in [-0.3, -0.25) is 24.8 Å². The number of hydrogen-bond donors (Lipinski definition) is 3. The minimum Gasteiger partial charge on any atom is -0.374 e. The van der Waals surface area contributed by atoms with E-state index in [4.69, 9.17) is 28.6 Å². The monoisotopic (exact) mass is 453 g/mol. The van der Waals surface area contributed by atoms with Crippen LogP contribution in [-0.2, 0) is 14.4 Å². The van der Waals surface area contributed by atoms with Crippen LogP contribution in [0, 0.1) is 11.3 Å². The molecule has 2 fully saturated rings. The number of alkyl halides is 2. The molecule has 3 atom stereocenters. The number of hydrogen-bond acceptors (Lipinski definition) is 6. The molecular weight excluding hydrogens is 429 g/mol. The maximum atomic E-state index is 12.8. The van der Waals surface area contributed by atoms with E-state index in [9.17, 15) is 14.4 Å². The highest BCUT2D eigenvalue weighted by atomic mass is 35.5. The third kappa shape index (κ3) is 4.92. The molecule has 1 aliphatic heterocycles. The molecule has 0 unspecified atom stereocenters. The summed E-state index contributed by atoms with van der Waals surface area (Å²) in [6.07, 6.45) is 4.92. The van der Waals surface area contributed by atoms with Crippen molar-refractivity contribution in [1.82, 2.24) is 15.2 Å². The number of nitrogens with one attached hydrogen (secondary N) is 3. The van der Waals surface area contributed by atoms with E-state index >= 15 is 0 Å². The van der Waals surface area contributed by atoms with Crippen molar-refractivity contribution < 1.29 is 14.4 Å². The Morgan fingerprint density at radius 1 is 1.40 bits per heavy atom. The van der Waals surface area contributed by atoms with Crippen LogP contribution >= 0.6 is 23.2 Å². The molecule has 0 spiro atoms. The summed E-state index contributed by atoms with van der Waals surface area (Å²) in [5.74, 6) is -0.808. The predicted molar refractivity (Wildman–Crippen MR) is 115 cm³/mol. The number of nitrogens with zero attached hydrogens (tertiary/aromatic N) is 2. The van der Waals surface area contributed by atoms with Crippen LogP contribution in [0.5, 0.6) is 0 Å². The quantitative estimate of drug-likeness (QED) is 0.411. The van der Waals surface area contributed by atoms with Gasteiger partial charge in [0, 0.05) is 37.2 Å². The van der Waals surface area contributed by atoms with E-state index in [1.165, 1.54) is 19.3 Å². The lowest BCUT2D eigenvalue weighted by Crippen LogP contribution is -2.50. The Morgan fingerprint density at radius 2 is 2.10 bits per heavy atom. The second kappa shape index (κ2) is 8.89. The van der Waals surface area contributed by atoms with Crippen molar-refractivity contribution in [2.75, 3.05) is 18.4 Å². The van der Waals surface area contributed by atoms with Crippen LogP contribution in [-0.4, -0.2) is 62.7 Å². The maximum absolute atomic E-state index is 12.8. The number of carbonyl (C=O) groups is 3. The van der Waals surface area contributed by atoms with Gasteiger partial charge < -0.3 is 15.5 Å². The van der Waals surface area contributed by atoms with Crippen LogP contribution in [0.2, 0.25) is 0 Å². The van der Waals surface area contributed by atoms with Crippen molar-refractivity contribution in [2.45, 2.75) is 49.5 Å². The van der Waals surface area contributed by atoms with Gasteiger partial charge in [-0.25, -0.2) is 0 Å². The fraction of sp³-hybridized carbons (Fsp3) is 0.550. The van der Waals surface area contributed by atoms with Gasteiger partial charge in [-0.2, -0.15) is 0 Å². The average Bonchev–Trinajstić information content (AvgIpc) is 3.11. The zero-order valence-corrected chi connectivity index (χ0v) is 18.4. The van der Waals surface area contributed by atoms with Crippen molar-refractivity contribution in [2.24, 2.45) is 5.92 Å². The van der Waals surface area contributed by atoms with Gasteiger partial charge in [-0.1, -0.05) is 0 Å². The average molecular weight is 454 g/mol. The molecule has 10 heteroatoms. The van der Waals surface area contributed by atoms with Gasteiger partial charge in [0.1, 0.15) is 16.1 Å². The van der Waals surface area contributed by atoms with Crippen molar-refractivity contribution in [3.63, 3.8) is 0 Å². The Bertz CT molecular complexity index is 876. The van der Waals surface area contributed by atoms with E-state index in [-0.39, 0.29) is 41.8 Å². The molecule has 3 N–H and O–H groups in total. The standard InChI is InChI=1S/C20H25Cl2N5O3/c1-11(14-8-20(14,21)22)26-19(30)16-4-3-7-27(16)17(29)10-25-15-9-24-6-5-13(15)18(23)12(2)28/h5-6,9,11,14,16,23,25H,3-4,7-8,10H2,1-2H3,(H,26,30)/t11-,14-,16+/m1/s1. The third-order valence-electron chi connectivity index (χ3n) is 5.60. The summed E-state index contributed by atoms with van der Waals surface area (Å²) in [5.41, 5.74) is 0.647. The molecule has 1 saturated carbocycles. The first-order valence-corrected chi connectivity index (χ1v) is 10.6. The van der Waals surface area contributed by atoms with Crippen LogP contribution in [0.1, 0.15) is 38.7 Å². The second-order valence-corrected chi connectivity index (χ2v) is 9.36. The molecule has 162 valence electrons. The van der Waals surface area contributed by atoms with Gasteiger partial charge in [-0.15, -0.1) is 23.2 Å². The molecule has 2 aliphatic rings. The fourth-order valence-electron chi connectivity index (χ4n) is 3.75. The number of carbonyl (C=O) groups excluding carboxylic acids is 3. The van der Waals surface area contributed by atoms with E-state index in [1.54, 1.807) is 11.0 Å².